The van der Waals surface area contributed by atoms with E-state index in [0.29, 0.717) is 17.2 Å². The van der Waals surface area contributed by atoms with Crippen LogP contribution in [0.15, 0.2) is 47.1 Å². The molecule has 1 saturated heterocycles. The van der Waals surface area contributed by atoms with Gasteiger partial charge in [0.2, 0.25) is 0 Å². The molecule has 5 nitrogen and oxygen atoms in total. The van der Waals surface area contributed by atoms with Crippen molar-refractivity contribution in [3.63, 3.8) is 0 Å². The number of aliphatic hydroxyl groups excluding tert-OH is 1. The van der Waals surface area contributed by atoms with Gasteiger partial charge in [-0.05, 0) is 49.1 Å². The Morgan fingerprint density at radius 1 is 1.29 bits per heavy atom. The molecule has 0 bridgehead atoms. The molecule has 3 rings (SSSR count). The van der Waals surface area contributed by atoms with E-state index >= 15 is 0 Å². The van der Waals surface area contributed by atoms with Crippen molar-refractivity contribution < 1.29 is 9.90 Å². The lowest BCUT2D eigenvalue weighted by atomic mass is 9.98. The van der Waals surface area contributed by atoms with Crippen LogP contribution in [0.25, 0.3) is 0 Å². The van der Waals surface area contributed by atoms with Crippen LogP contribution in [0.4, 0.5) is 11.5 Å². The normalized spacial score (nSPS) is 15.3. The van der Waals surface area contributed by atoms with E-state index in [0.717, 1.165) is 36.2 Å². The first kappa shape index (κ1) is 16.9. The number of anilines is 2. The summed E-state index contributed by atoms with van der Waals surface area (Å²) in [5, 5.41) is 12.2. The van der Waals surface area contributed by atoms with Crippen LogP contribution < -0.4 is 10.2 Å². The summed E-state index contributed by atoms with van der Waals surface area (Å²) in [7, 11) is 0. The van der Waals surface area contributed by atoms with Crippen LogP contribution in [-0.4, -0.2) is 35.7 Å². The molecule has 2 heterocycles. The van der Waals surface area contributed by atoms with Gasteiger partial charge in [0.05, 0.1) is 5.69 Å². The third-order valence-corrected chi connectivity index (χ3v) is 4.79. The minimum atomic E-state index is -0.157. The van der Waals surface area contributed by atoms with Gasteiger partial charge in [-0.3, -0.25) is 4.79 Å². The van der Waals surface area contributed by atoms with E-state index in [9.17, 15) is 9.90 Å². The Morgan fingerprint density at radius 3 is 2.79 bits per heavy atom. The second-order valence-electron chi connectivity index (χ2n) is 5.95. The second-order valence-corrected chi connectivity index (χ2v) is 6.87. The Kier molecular flexibility index (Phi) is 5.48. The van der Waals surface area contributed by atoms with E-state index in [1.165, 1.54) is 0 Å². The highest BCUT2D eigenvalue weighted by atomic mass is 79.9. The Labute approximate surface area is 149 Å². The first-order valence-corrected chi connectivity index (χ1v) is 8.84. The van der Waals surface area contributed by atoms with Crippen LogP contribution in [0, 0.1) is 5.92 Å². The summed E-state index contributed by atoms with van der Waals surface area (Å²) in [5.74, 6) is 0.998. The third kappa shape index (κ3) is 3.94. The van der Waals surface area contributed by atoms with E-state index in [4.69, 9.17) is 0 Å². The highest BCUT2D eigenvalue weighted by Crippen LogP contribution is 2.28. The number of benzene rings is 1. The number of halogens is 1. The molecule has 1 amide bonds. The van der Waals surface area contributed by atoms with Crippen molar-refractivity contribution >= 4 is 33.3 Å². The lowest BCUT2D eigenvalue weighted by molar-refractivity contribution is 0.102. The maximum atomic E-state index is 12.5. The molecule has 1 aliphatic rings. The zero-order chi connectivity index (χ0) is 16.9. The fraction of sp³-hybridized carbons (Fsp3) is 0.333. The van der Waals surface area contributed by atoms with E-state index in [1.807, 2.05) is 24.3 Å². The maximum absolute atomic E-state index is 12.5. The first-order valence-electron chi connectivity index (χ1n) is 8.05. The fourth-order valence-electron chi connectivity index (χ4n) is 2.90. The van der Waals surface area contributed by atoms with Crippen LogP contribution in [0.3, 0.4) is 0 Å². The Balaban J connectivity index is 1.76. The zero-order valence-corrected chi connectivity index (χ0v) is 14.9. The number of rotatable bonds is 4. The minimum absolute atomic E-state index is 0.157. The first-order chi connectivity index (χ1) is 11.7. The number of aromatic nitrogens is 1. The third-order valence-electron chi connectivity index (χ3n) is 4.29. The molecule has 0 unspecified atom stereocenters. The topological polar surface area (TPSA) is 65.5 Å². The fourth-order valence-corrected chi connectivity index (χ4v) is 3.30. The lowest BCUT2D eigenvalue weighted by Gasteiger charge is -2.33. The maximum Gasteiger partial charge on any atom is 0.255 e. The standard InChI is InChI=1S/C18H20BrN3O2/c19-15-4-1-3-14(11-15)18(24)21-16-5-2-8-20-17(16)22-9-6-13(12-23)7-10-22/h1-5,8,11,13,23H,6-7,9-10,12H2,(H,21,24). The van der Waals surface area contributed by atoms with Crippen molar-refractivity contribution in [3.8, 4) is 0 Å². The van der Waals surface area contributed by atoms with Crippen molar-refractivity contribution in [2.75, 3.05) is 29.9 Å². The SMILES string of the molecule is O=C(Nc1cccnc1N1CCC(CO)CC1)c1cccc(Br)c1. The van der Waals surface area contributed by atoms with Gasteiger partial charge in [0.25, 0.3) is 5.91 Å². The van der Waals surface area contributed by atoms with E-state index in [1.54, 1.807) is 18.3 Å². The van der Waals surface area contributed by atoms with Gasteiger partial charge >= 0.3 is 0 Å². The van der Waals surface area contributed by atoms with Crippen LogP contribution in [0.1, 0.15) is 23.2 Å². The van der Waals surface area contributed by atoms with Crippen LogP contribution in [0.2, 0.25) is 0 Å². The van der Waals surface area contributed by atoms with Gasteiger partial charge in [0.1, 0.15) is 0 Å². The van der Waals surface area contributed by atoms with Crippen molar-refractivity contribution in [2.24, 2.45) is 5.92 Å². The number of nitrogens with one attached hydrogen (secondary N) is 1. The van der Waals surface area contributed by atoms with Gasteiger partial charge in [-0.25, -0.2) is 4.98 Å². The number of piperidine rings is 1. The highest BCUT2D eigenvalue weighted by molar-refractivity contribution is 9.10. The summed E-state index contributed by atoms with van der Waals surface area (Å²) < 4.78 is 0.868. The number of amides is 1. The van der Waals surface area contributed by atoms with Gasteiger partial charge in [-0.15, -0.1) is 0 Å². The molecule has 1 aliphatic heterocycles. The molecule has 0 spiro atoms. The monoisotopic (exact) mass is 389 g/mol. The molecule has 6 heteroatoms. The van der Waals surface area contributed by atoms with Crippen molar-refractivity contribution in [1.29, 1.82) is 0 Å². The van der Waals surface area contributed by atoms with Crippen molar-refractivity contribution in [1.82, 2.24) is 4.98 Å². The molecule has 2 aromatic rings. The summed E-state index contributed by atoms with van der Waals surface area (Å²) >= 11 is 3.38. The number of carbonyl (C=O) groups is 1. The summed E-state index contributed by atoms with van der Waals surface area (Å²) in [6.07, 6.45) is 3.61. The highest BCUT2D eigenvalue weighted by Gasteiger charge is 2.22. The van der Waals surface area contributed by atoms with Crippen molar-refractivity contribution in [3.05, 3.63) is 52.6 Å². The smallest absolute Gasteiger partial charge is 0.255 e. The Bertz CT molecular complexity index is 715. The van der Waals surface area contributed by atoms with Crippen LogP contribution >= 0.6 is 15.9 Å². The molecule has 1 fully saturated rings. The quantitative estimate of drug-likeness (QED) is 0.841. The molecule has 0 atom stereocenters. The largest absolute Gasteiger partial charge is 0.396 e. The van der Waals surface area contributed by atoms with Gasteiger partial charge in [-0.2, -0.15) is 0 Å². The van der Waals surface area contributed by atoms with E-state index in [2.05, 4.69) is 31.1 Å². The van der Waals surface area contributed by atoms with Crippen molar-refractivity contribution in [2.45, 2.75) is 12.8 Å². The average Bonchev–Trinajstić information content (AvgIpc) is 2.62. The number of hydrogen-bond acceptors (Lipinski definition) is 4. The molecule has 1 aromatic heterocycles. The molecule has 0 radical (unpaired) electrons. The zero-order valence-electron chi connectivity index (χ0n) is 13.3. The molecular weight excluding hydrogens is 370 g/mol. The van der Waals surface area contributed by atoms with Crippen LogP contribution in [-0.2, 0) is 0 Å². The minimum Gasteiger partial charge on any atom is -0.396 e. The summed E-state index contributed by atoms with van der Waals surface area (Å²) in [6, 6.07) is 11.0. The number of nitrogens with zero attached hydrogens (tertiary/aromatic N) is 2. The molecule has 126 valence electrons. The van der Waals surface area contributed by atoms with Gasteiger partial charge in [0, 0.05) is 35.9 Å². The number of aliphatic hydroxyl groups is 1. The molecule has 1 aromatic carbocycles. The van der Waals surface area contributed by atoms with E-state index < -0.39 is 0 Å². The molecule has 0 aliphatic carbocycles. The van der Waals surface area contributed by atoms with Crippen LogP contribution in [0.5, 0.6) is 0 Å². The molecule has 24 heavy (non-hydrogen) atoms. The predicted octanol–water partition coefficient (Wildman–Crippen LogP) is 3.31. The number of hydrogen-bond donors (Lipinski definition) is 2. The second kappa shape index (κ2) is 7.77. The van der Waals surface area contributed by atoms with Gasteiger partial charge in [-0.1, -0.05) is 22.0 Å². The van der Waals surface area contributed by atoms with E-state index in [-0.39, 0.29) is 12.5 Å². The number of carbonyl (C=O) groups excluding carboxylic acids is 1. The van der Waals surface area contributed by atoms with Gasteiger partial charge in [0.15, 0.2) is 5.82 Å². The summed E-state index contributed by atoms with van der Waals surface area (Å²) in [5.41, 5.74) is 1.31. The Hall–Kier alpha value is -1.92. The lowest BCUT2D eigenvalue weighted by Crippen LogP contribution is -2.35. The van der Waals surface area contributed by atoms with Gasteiger partial charge < -0.3 is 15.3 Å². The predicted molar refractivity (Wildman–Crippen MR) is 98.4 cm³/mol. The molecule has 0 saturated carbocycles. The summed E-state index contributed by atoms with van der Waals surface area (Å²) in [4.78, 5) is 19.1. The summed E-state index contributed by atoms with van der Waals surface area (Å²) in [6.45, 7) is 1.91. The Morgan fingerprint density at radius 2 is 2.08 bits per heavy atom. The number of pyridine rings is 1. The molecular formula is C18H20BrN3O2. The average molecular weight is 390 g/mol. The molecule has 2 N–H and O–H groups in total.